The number of benzene rings is 1. The van der Waals surface area contributed by atoms with Crippen molar-refractivity contribution in [3.63, 3.8) is 0 Å². The van der Waals surface area contributed by atoms with Gasteiger partial charge in [0.2, 0.25) is 15.9 Å². The number of sulfonamides is 1. The minimum absolute atomic E-state index is 0.00537. The number of rotatable bonds is 4. The summed E-state index contributed by atoms with van der Waals surface area (Å²) in [5.41, 5.74) is 1.78. The normalized spacial score (nSPS) is 24.6. The quantitative estimate of drug-likeness (QED) is 0.740. The van der Waals surface area contributed by atoms with Crippen LogP contribution in [0.3, 0.4) is 0 Å². The highest BCUT2D eigenvalue weighted by molar-refractivity contribution is 7.89. The third-order valence-electron chi connectivity index (χ3n) is 6.44. The van der Waals surface area contributed by atoms with Gasteiger partial charge in [0, 0.05) is 51.4 Å². The number of morpholine rings is 1. The van der Waals surface area contributed by atoms with Crippen molar-refractivity contribution in [2.24, 2.45) is 5.92 Å². The minimum Gasteiger partial charge on any atom is -0.379 e. The Hall–Kier alpha value is -1.48. The summed E-state index contributed by atoms with van der Waals surface area (Å²) in [6.45, 7) is 9.28. The van der Waals surface area contributed by atoms with Gasteiger partial charge in [-0.2, -0.15) is 4.31 Å². The lowest BCUT2D eigenvalue weighted by Gasteiger charge is -2.35. The predicted molar refractivity (Wildman–Crippen MR) is 112 cm³/mol. The van der Waals surface area contributed by atoms with E-state index in [-0.39, 0.29) is 11.9 Å². The lowest BCUT2D eigenvalue weighted by atomic mass is 9.97. The topological polar surface area (TPSA) is 70.2 Å². The van der Waals surface area contributed by atoms with Gasteiger partial charge in [-0.3, -0.25) is 9.69 Å². The second-order valence-corrected chi connectivity index (χ2v) is 10.4. The maximum Gasteiger partial charge on any atom is 0.243 e. The second kappa shape index (κ2) is 8.34. The van der Waals surface area contributed by atoms with Crippen molar-refractivity contribution in [3.8, 4) is 0 Å². The molecular weight excluding hydrogens is 390 g/mol. The highest BCUT2D eigenvalue weighted by Crippen LogP contribution is 2.35. The van der Waals surface area contributed by atoms with Crippen LogP contribution in [-0.2, 0) is 26.0 Å². The van der Waals surface area contributed by atoms with E-state index in [4.69, 9.17) is 4.74 Å². The molecule has 0 spiro atoms. The van der Waals surface area contributed by atoms with Crippen molar-refractivity contribution < 1.29 is 17.9 Å². The van der Waals surface area contributed by atoms with E-state index in [0.717, 1.165) is 56.9 Å². The van der Waals surface area contributed by atoms with E-state index in [0.29, 0.717) is 30.3 Å². The van der Waals surface area contributed by atoms with Crippen LogP contribution >= 0.6 is 0 Å². The van der Waals surface area contributed by atoms with Gasteiger partial charge in [0.05, 0.1) is 18.1 Å². The Morgan fingerprint density at radius 1 is 1.14 bits per heavy atom. The fraction of sp³-hybridized carbons (Fsp3) is 0.667. The lowest BCUT2D eigenvalue weighted by Crippen LogP contribution is -2.44. The third kappa shape index (κ3) is 4.21. The first kappa shape index (κ1) is 20.8. The number of hydrogen-bond donors (Lipinski definition) is 0. The monoisotopic (exact) mass is 421 g/mol. The van der Waals surface area contributed by atoms with Gasteiger partial charge in [-0.15, -0.1) is 0 Å². The molecule has 3 aliphatic rings. The van der Waals surface area contributed by atoms with Crippen molar-refractivity contribution in [1.29, 1.82) is 0 Å². The first-order valence-corrected chi connectivity index (χ1v) is 12.0. The van der Waals surface area contributed by atoms with E-state index in [9.17, 15) is 13.2 Å². The van der Waals surface area contributed by atoms with Crippen LogP contribution in [0.25, 0.3) is 0 Å². The van der Waals surface area contributed by atoms with E-state index < -0.39 is 10.0 Å². The largest absolute Gasteiger partial charge is 0.379 e. The number of fused-ring (bicyclic) bond motifs is 1. The summed E-state index contributed by atoms with van der Waals surface area (Å²) in [4.78, 5) is 16.4. The summed E-state index contributed by atoms with van der Waals surface area (Å²) < 4.78 is 33.4. The number of carbonyl (C=O) groups is 1. The molecule has 1 atom stereocenters. The van der Waals surface area contributed by atoms with Crippen LogP contribution in [0.1, 0.15) is 32.3 Å². The molecule has 0 N–H and O–H groups in total. The molecule has 0 saturated carbocycles. The fourth-order valence-electron chi connectivity index (χ4n) is 4.88. The van der Waals surface area contributed by atoms with Gasteiger partial charge in [0.15, 0.2) is 0 Å². The van der Waals surface area contributed by atoms with Crippen molar-refractivity contribution in [2.75, 3.05) is 50.8 Å². The van der Waals surface area contributed by atoms with Gasteiger partial charge in [-0.05, 0) is 55.9 Å². The molecule has 1 aromatic carbocycles. The van der Waals surface area contributed by atoms with E-state index in [1.54, 1.807) is 34.3 Å². The maximum atomic E-state index is 13.2. The first-order chi connectivity index (χ1) is 13.9. The van der Waals surface area contributed by atoms with Crippen molar-refractivity contribution in [3.05, 3.63) is 23.8 Å². The predicted octanol–water partition coefficient (Wildman–Crippen LogP) is 1.72. The van der Waals surface area contributed by atoms with Gasteiger partial charge in [-0.1, -0.05) is 0 Å². The molecule has 1 unspecified atom stereocenters. The van der Waals surface area contributed by atoms with E-state index >= 15 is 0 Å². The molecule has 2 saturated heterocycles. The van der Waals surface area contributed by atoms with Gasteiger partial charge in [-0.25, -0.2) is 8.42 Å². The van der Waals surface area contributed by atoms with Gasteiger partial charge in [0.25, 0.3) is 0 Å². The molecule has 0 bridgehead atoms. The summed E-state index contributed by atoms with van der Waals surface area (Å²) in [6, 6.07) is 5.28. The Kier molecular flexibility index (Phi) is 5.97. The lowest BCUT2D eigenvalue weighted by molar-refractivity contribution is -0.116. The molecular formula is C21H31N3O4S. The highest BCUT2D eigenvalue weighted by Gasteiger charge is 2.33. The van der Waals surface area contributed by atoms with Crippen LogP contribution in [0.5, 0.6) is 0 Å². The smallest absolute Gasteiger partial charge is 0.243 e. The Balaban J connectivity index is 1.42. The standard InChI is InChI=1S/C21H31N3O4S/c1-16-13-19-14-20(3-4-21(19)24(16)17(2)25)29(26,27)23-7-5-18(6-8-23)15-22-9-11-28-12-10-22/h3-4,14,16,18H,5-13,15H2,1-2H3. The van der Waals surface area contributed by atoms with Crippen molar-refractivity contribution in [1.82, 2.24) is 9.21 Å². The Labute approximate surface area is 173 Å². The van der Waals surface area contributed by atoms with Crippen LogP contribution in [-0.4, -0.2) is 75.5 Å². The fourth-order valence-corrected chi connectivity index (χ4v) is 6.40. The Morgan fingerprint density at radius 3 is 2.48 bits per heavy atom. The van der Waals surface area contributed by atoms with E-state index in [1.807, 2.05) is 6.92 Å². The molecule has 29 heavy (non-hydrogen) atoms. The maximum absolute atomic E-state index is 13.2. The SMILES string of the molecule is CC(=O)N1c2ccc(S(=O)(=O)N3CCC(CN4CCOCC4)CC3)cc2CC1C. The van der Waals surface area contributed by atoms with E-state index in [1.165, 1.54) is 0 Å². The molecule has 7 nitrogen and oxygen atoms in total. The zero-order valence-corrected chi connectivity index (χ0v) is 18.2. The van der Waals surface area contributed by atoms with Gasteiger partial charge in [0.1, 0.15) is 0 Å². The highest BCUT2D eigenvalue weighted by atomic mass is 32.2. The zero-order chi connectivity index (χ0) is 20.6. The van der Waals surface area contributed by atoms with Crippen LogP contribution in [0, 0.1) is 5.92 Å². The zero-order valence-electron chi connectivity index (χ0n) is 17.3. The van der Waals surface area contributed by atoms with Crippen molar-refractivity contribution in [2.45, 2.75) is 44.0 Å². The van der Waals surface area contributed by atoms with Gasteiger partial charge >= 0.3 is 0 Å². The molecule has 4 rings (SSSR count). The molecule has 0 aromatic heterocycles. The summed E-state index contributed by atoms with van der Waals surface area (Å²) in [5.74, 6) is 0.541. The van der Waals surface area contributed by atoms with Crippen LogP contribution in [0.15, 0.2) is 23.1 Å². The number of piperidine rings is 1. The average molecular weight is 422 g/mol. The number of nitrogens with zero attached hydrogens (tertiary/aromatic N) is 3. The second-order valence-electron chi connectivity index (χ2n) is 8.49. The summed E-state index contributed by atoms with van der Waals surface area (Å²) in [7, 11) is -3.50. The molecule has 1 aromatic rings. The summed E-state index contributed by atoms with van der Waals surface area (Å²) in [5, 5.41) is 0. The molecule has 8 heteroatoms. The minimum atomic E-state index is -3.50. The van der Waals surface area contributed by atoms with Crippen molar-refractivity contribution >= 4 is 21.6 Å². The number of ether oxygens (including phenoxy) is 1. The molecule has 3 aliphatic heterocycles. The van der Waals surface area contributed by atoms with Crippen LogP contribution < -0.4 is 4.90 Å². The molecule has 3 heterocycles. The van der Waals surface area contributed by atoms with Crippen LogP contribution in [0.4, 0.5) is 5.69 Å². The molecule has 0 aliphatic carbocycles. The summed E-state index contributed by atoms with van der Waals surface area (Å²) >= 11 is 0. The molecule has 2 fully saturated rings. The summed E-state index contributed by atoms with van der Waals surface area (Å²) in [6.07, 6.45) is 2.49. The van der Waals surface area contributed by atoms with Crippen LogP contribution in [0.2, 0.25) is 0 Å². The molecule has 1 amide bonds. The number of amides is 1. The Morgan fingerprint density at radius 2 is 1.83 bits per heavy atom. The average Bonchev–Trinajstić information content (AvgIpc) is 3.04. The Bertz CT molecular complexity index is 859. The van der Waals surface area contributed by atoms with E-state index in [2.05, 4.69) is 4.90 Å². The number of anilines is 1. The van der Waals surface area contributed by atoms with Gasteiger partial charge < -0.3 is 9.64 Å². The number of hydrogen-bond acceptors (Lipinski definition) is 5. The molecule has 0 radical (unpaired) electrons. The molecule has 160 valence electrons. The third-order valence-corrected chi connectivity index (χ3v) is 8.33. The first-order valence-electron chi connectivity index (χ1n) is 10.6. The number of carbonyl (C=O) groups excluding carboxylic acids is 1.